The zero-order valence-corrected chi connectivity index (χ0v) is 19.3. The molecule has 2 aromatic carbocycles. The van der Waals surface area contributed by atoms with Gasteiger partial charge in [0.1, 0.15) is 11.9 Å². The summed E-state index contributed by atoms with van der Waals surface area (Å²) in [4.78, 5) is 33.5. The first-order chi connectivity index (χ1) is 15.3. The number of rotatable bonds is 7. The van der Waals surface area contributed by atoms with E-state index in [-0.39, 0.29) is 18.4 Å². The summed E-state index contributed by atoms with van der Waals surface area (Å²) in [6, 6.07) is 11.2. The van der Waals surface area contributed by atoms with Crippen molar-refractivity contribution in [2.24, 2.45) is 5.92 Å². The fraction of sp³-hybridized carbons (Fsp3) is 0.273. The average Bonchev–Trinajstić information content (AvgIpc) is 2.77. The first kappa shape index (κ1) is 23.6. The number of para-hydroxylation sites is 1. The van der Waals surface area contributed by atoms with Gasteiger partial charge in [-0.2, -0.15) is 0 Å². The van der Waals surface area contributed by atoms with E-state index in [2.05, 4.69) is 25.9 Å². The molecule has 3 aromatic rings. The normalized spacial score (nSPS) is 11.8. The Kier molecular flexibility index (Phi) is 7.71. The van der Waals surface area contributed by atoms with Crippen molar-refractivity contribution in [2.75, 3.05) is 17.7 Å². The molecule has 0 radical (unpaired) electrons. The molecule has 0 saturated heterocycles. The van der Waals surface area contributed by atoms with E-state index in [1.165, 1.54) is 7.11 Å². The maximum atomic E-state index is 12.3. The lowest BCUT2D eigenvalue weighted by Crippen LogP contribution is -2.36. The van der Waals surface area contributed by atoms with Gasteiger partial charge in [-0.15, -0.1) is 0 Å². The summed E-state index contributed by atoms with van der Waals surface area (Å²) in [5, 5.41) is 10.0. The van der Waals surface area contributed by atoms with Crippen LogP contribution in [0.2, 0.25) is 10.0 Å². The van der Waals surface area contributed by atoms with Gasteiger partial charge in [-0.25, -0.2) is 19.6 Å². The number of halogens is 2. The first-order valence-corrected chi connectivity index (χ1v) is 10.6. The minimum atomic E-state index is -0.586. The van der Waals surface area contributed by atoms with Gasteiger partial charge in [0.25, 0.3) is 0 Å². The highest BCUT2D eigenvalue weighted by atomic mass is 35.5. The van der Waals surface area contributed by atoms with Crippen LogP contribution in [0.5, 0.6) is 0 Å². The maximum absolute atomic E-state index is 12.3. The number of benzene rings is 2. The van der Waals surface area contributed by atoms with Crippen molar-refractivity contribution in [3.8, 4) is 0 Å². The summed E-state index contributed by atoms with van der Waals surface area (Å²) in [7, 11) is 1.35. The second-order valence-corrected chi connectivity index (χ2v) is 8.15. The van der Waals surface area contributed by atoms with E-state index in [4.69, 9.17) is 27.9 Å². The van der Waals surface area contributed by atoms with Crippen LogP contribution < -0.4 is 16.0 Å². The highest BCUT2D eigenvalue weighted by molar-refractivity contribution is 6.42. The van der Waals surface area contributed by atoms with Crippen molar-refractivity contribution in [2.45, 2.75) is 26.4 Å². The molecule has 168 valence electrons. The summed E-state index contributed by atoms with van der Waals surface area (Å²) in [5.41, 5.74) is 1.18. The highest BCUT2D eigenvalue weighted by Crippen LogP contribution is 2.25. The lowest BCUT2D eigenvalue weighted by atomic mass is 10.0. The Morgan fingerprint density at radius 1 is 1.06 bits per heavy atom. The van der Waals surface area contributed by atoms with E-state index < -0.39 is 12.1 Å². The minimum absolute atomic E-state index is 0.0327. The van der Waals surface area contributed by atoms with Gasteiger partial charge >= 0.3 is 12.0 Å². The van der Waals surface area contributed by atoms with Crippen molar-refractivity contribution in [1.82, 2.24) is 15.3 Å². The van der Waals surface area contributed by atoms with Crippen molar-refractivity contribution in [3.05, 3.63) is 58.3 Å². The number of ether oxygens (including phenoxy) is 1. The Hall–Kier alpha value is -3.10. The molecule has 2 amide bonds. The van der Waals surface area contributed by atoms with Gasteiger partial charge in [-0.05, 0) is 36.2 Å². The third-order valence-corrected chi connectivity index (χ3v) is 5.39. The van der Waals surface area contributed by atoms with E-state index in [9.17, 15) is 9.59 Å². The summed E-state index contributed by atoms with van der Waals surface area (Å²) in [5.74, 6) is 0.447. The molecule has 0 aliphatic heterocycles. The number of carbonyl (C=O) groups is 2. The maximum Gasteiger partial charge on any atom is 0.328 e. The quantitative estimate of drug-likeness (QED) is 0.421. The van der Waals surface area contributed by atoms with Crippen LogP contribution in [0.25, 0.3) is 10.9 Å². The lowest BCUT2D eigenvalue weighted by Gasteiger charge is -2.21. The van der Waals surface area contributed by atoms with E-state index in [1.54, 1.807) is 18.2 Å². The van der Waals surface area contributed by atoms with Crippen molar-refractivity contribution in [3.63, 3.8) is 0 Å². The van der Waals surface area contributed by atoms with Crippen LogP contribution in [0.1, 0.15) is 19.7 Å². The standard InChI is InChI=1S/C22H23Cl2N5O3/c1-12(2)19(21(30)32-3)29-20-14-6-4-5-7-17(14)27-18(28-20)11-25-22(31)26-13-8-9-15(23)16(24)10-13/h4-10,12,19H,11H2,1-3H3,(H2,25,26,31)(H,27,28,29)/t19-/m0/s1. The molecule has 0 aliphatic rings. The number of aromatic nitrogens is 2. The van der Waals surface area contributed by atoms with Crippen molar-refractivity contribution >= 4 is 57.6 Å². The van der Waals surface area contributed by atoms with Gasteiger partial charge in [0, 0.05) is 11.1 Å². The Morgan fingerprint density at radius 3 is 2.50 bits per heavy atom. The van der Waals surface area contributed by atoms with E-state index in [0.29, 0.717) is 32.9 Å². The smallest absolute Gasteiger partial charge is 0.328 e. The molecule has 32 heavy (non-hydrogen) atoms. The van der Waals surface area contributed by atoms with Gasteiger partial charge < -0.3 is 20.7 Å². The molecule has 10 heteroatoms. The Labute approximate surface area is 195 Å². The van der Waals surface area contributed by atoms with Crippen molar-refractivity contribution in [1.29, 1.82) is 0 Å². The molecular formula is C22H23Cl2N5O3. The van der Waals surface area contributed by atoms with E-state index in [1.807, 2.05) is 38.1 Å². The largest absolute Gasteiger partial charge is 0.467 e. The highest BCUT2D eigenvalue weighted by Gasteiger charge is 2.24. The Bertz CT molecular complexity index is 1140. The van der Waals surface area contributed by atoms with Gasteiger partial charge in [0.15, 0.2) is 5.82 Å². The topological polar surface area (TPSA) is 105 Å². The van der Waals surface area contributed by atoms with Gasteiger partial charge in [-0.1, -0.05) is 49.2 Å². The van der Waals surface area contributed by atoms with E-state index >= 15 is 0 Å². The summed E-state index contributed by atoms with van der Waals surface area (Å²) in [6.45, 7) is 3.89. The van der Waals surface area contributed by atoms with Crippen molar-refractivity contribution < 1.29 is 14.3 Å². The number of esters is 1. The third-order valence-electron chi connectivity index (χ3n) is 4.65. The van der Waals surface area contributed by atoms with Gasteiger partial charge in [0.05, 0.1) is 29.2 Å². The van der Waals surface area contributed by atoms with Crippen LogP contribution in [-0.2, 0) is 16.1 Å². The molecule has 3 N–H and O–H groups in total. The number of amides is 2. The Balaban J connectivity index is 1.78. The monoisotopic (exact) mass is 475 g/mol. The van der Waals surface area contributed by atoms with Gasteiger partial charge in [0.2, 0.25) is 0 Å². The zero-order chi connectivity index (χ0) is 23.3. The molecule has 0 spiro atoms. The molecule has 0 aliphatic carbocycles. The van der Waals surface area contributed by atoms with Crippen LogP contribution in [0.4, 0.5) is 16.3 Å². The third kappa shape index (κ3) is 5.77. The lowest BCUT2D eigenvalue weighted by molar-refractivity contribution is -0.142. The molecule has 1 heterocycles. The fourth-order valence-corrected chi connectivity index (χ4v) is 3.29. The van der Waals surface area contributed by atoms with Crippen LogP contribution in [-0.4, -0.2) is 35.1 Å². The molecule has 3 rings (SSSR count). The second kappa shape index (κ2) is 10.5. The van der Waals surface area contributed by atoms with Gasteiger partial charge in [-0.3, -0.25) is 0 Å². The summed E-state index contributed by atoms with van der Waals surface area (Å²) in [6.07, 6.45) is 0. The van der Waals surface area contributed by atoms with Crippen LogP contribution in [0.15, 0.2) is 42.5 Å². The average molecular weight is 476 g/mol. The fourth-order valence-electron chi connectivity index (χ4n) is 2.99. The molecule has 0 fully saturated rings. The number of hydrogen-bond donors (Lipinski definition) is 3. The number of nitrogens with one attached hydrogen (secondary N) is 3. The number of methoxy groups -OCH3 is 1. The molecule has 0 bridgehead atoms. The number of carbonyl (C=O) groups excluding carboxylic acids is 2. The number of hydrogen-bond acceptors (Lipinski definition) is 6. The first-order valence-electron chi connectivity index (χ1n) is 9.88. The SMILES string of the molecule is COC(=O)[C@@H](Nc1nc(CNC(=O)Nc2ccc(Cl)c(Cl)c2)nc2ccccc12)C(C)C. The van der Waals surface area contributed by atoms with Crippen LogP contribution >= 0.6 is 23.2 Å². The number of nitrogens with zero attached hydrogens (tertiary/aromatic N) is 2. The second-order valence-electron chi connectivity index (χ2n) is 7.33. The predicted molar refractivity (Wildman–Crippen MR) is 126 cm³/mol. The zero-order valence-electron chi connectivity index (χ0n) is 17.8. The van der Waals surface area contributed by atoms with E-state index in [0.717, 1.165) is 5.39 Å². The molecule has 1 atom stereocenters. The minimum Gasteiger partial charge on any atom is -0.467 e. The summed E-state index contributed by atoms with van der Waals surface area (Å²) >= 11 is 11.9. The predicted octanol–water partition coefficient (Wildman–Crippen LogP) is 4.87. The molecule has 0 saturated carbocycles. The number of urea groups is 1. The molecule has 1 aromatic heterocycles. The summed E-state index contributed by atoms with van der Waals surface area (Å²) < 4.78 is 4.91. The van der Waals surface area contributed by atoms with Crippen LogP contribution in [0, 0.1) is 5.92 Å². The Morgan fingerprint density at radius 2 is 1.81 bits per heavy atom. The molecular weight excluding hydrogens is 453 g/mol. The number of fused-ring (bicyclic) bond motifs is 1. The van der Waals surface area contributed by atoms with Crippen LogP contribution in [0.3, 0.4) is 0 Å². The molecule has 8 nitrogen and oxygen atoms in total. The number of anilines is 2. The molecule has 0 unspecified atom stereocenters.